The number of benzene rings is 2. The molecule has 1 aromatic heterocycles. The third-order valence-corrected chi connectivity index (χ3v) is 4.14. The Morgan fingerprint density at radius 3 is 2.26 bits per heavy atom. The maximum atomic E-state index is 14.3. The number of nitrogens with one attached hydrogen (secondary N) is 1. The van der Waals surface area contributed by atoms with E-state index in [4.69, 9.17) is 11.6 Å². The van der Waals surface area contributed by atoms with Crippen molar-refractivity contribution in [3.63, 3.8) is 0 Å². The number of rotatable bonds is 2. The highest BCUT2D eigenvalue weighted by Crippen LogP contribution is 2.35. The smallest absolute Gasteiger partial charge is 0.321 e. The molecule has 0 spiro atoms. The summed E-state index contributed by atoms with van der Waals surface area (Å²) in [6, 6.07) is 11.0. The van der Waals surface area contributed by atoms with E-state index in [9.17, 15) is 27.6 Å². The van der Waals surface area contributed by atoms with Crippen molar-refractivity contribution in [3.8, 4) is 28.5 Å². The summed E-state index contributed by atoms with van der Waals surface area (Å²) in [7, 11) is 0. The molecule has 136 valence electrons. The summed E-state index contributed by atoms with van der Waals surface area (Å²) in [5, 5.41) is 9.69. The molecule has 0 amide bonds. The van der Waals surface area contributed by atoms with E-state index in [0.717, 1.165) is 0 Å². The monoisotopic (exact) mass is 392 g/mol. The second-order valence-electron chi connectivity index (χ2n) is 5.61. The standard InChI is InChI=1S/C19H9ClF4N2O/c20-12-4-1-10(2-5-12)17-8-13(15(9-25)18(27)26-17)14-7-11(19(22,23)24)3-6-16(14)21/h1-8H,(H,26,27). The second-order valence-corrected chi connectivity index (χ2v) is 6.05. The lowest BCUT2D eigenvalue weighted by molar-refractivity contribution is -0.137. The number of alkyl halides is 3. The zero-order chi connectivity index (χ0) is 19.8. The van der Waals surface area contributed by atoms with Crippen LogP contribution in [0.2, 0.25) is 5.02 Å². The molecule has 3 aromatic rings. The van der Waals surface area contributed by atoms with Crippen molar-refractivity contribution in [2.45, 2.75) is 6.18 Å². The van der Waals surface area contributed by atoms with Gasteiger partial charge in [-0.25, -0.2) is 4.39 Å². The van der Waals surface area contributed by atoms with Crippen LogP contribution >= 0.6 is 11.6 Å². The fraction of sp³-hybridized carbons (Fsp3) is 0.0526. The molecule has 27 heavy (non-hydrogen) atoms. The maximum Gasteiger partial charge on any atom is 0.416 e. The van der Waals surface area contributed by atoms with Gasteiger partial charge in [-0.3, -0.25) is 4.79 Å². The van der Waals surface area contributed by atoms with Crippen LogP contribution in [-0.2, 0) is 6.18 Å². The zero-order valence-electron chi connectivity index (χ0n) is 13.4. The summed E-state index contributed by atoms with van der Waals surface area (Å²) in [6.45, 7) is 0. The lowest BCUT2D eigenvalue weighted by Crippen LogP contribution is -2.13. The Morgan fingerprint density at radius 2 is 1.67 bits per heavy atom. The van der Waals surface area contributed by atoms with Crippen molar-refractivity contribution in [3.05, 3.63) is 80.9 Å². The second kappa shape index (κ2) is 6.89. The van der Waals surface area contributed by atoms with Gasteiger partial charge in [0.1, 0.15) is 17.4 Å². The first-order chi connectivity index (χ1) is 12.7. The summed E-state index contributed by atoms with van der Waals surface area (Å²) >= 11 is 5.82. The maximum absolute atomic E-state index is 14.3. The van der Waals surface area contributed by atoms with Crippen LogP contribution in [-0.4, -0.2) is 4.98 Å². The van der Waals surface area contributed by atoms with Gasteiger partial charge >= 0.3 is 6.18 Å². The molecule has 2 aromatic carbocycles. The highest BCUT2D eigenvalue weighted by atomic mass is 35.5. The van der Waals surface area contributed by atoms with Crippen molar-refractivity contribution < 1.29 is 17.6 Å². The lowest BCUT2D eigenvalue weighted by Gasteiger charge is -2.12. The molecule has 0 atom stereocenters. The highest BCUT2D eigenvalue weighted by Gasteiger charge is 2.31. The summed E-state index contributed by atoms with van der Waals surface area (Å²) in [6.07, 6.45) is -4.70. The number of pyridine rings is 1. The van der Waals surface area contributed by atoms with Crippen molar-refractivity contribution in [1.82, 2.24) is 4.98 Å². The van der Waals surface area contributed by atoms with E-state index in [0.29, 0.717) is 28.8 Å². The number of aromatic nitrogens is 1. The van der Waals surface area contributed by atoms with Gasteiger partial charge in [0.05, 0.1) is 5.56 Å². The first-order valence-corrected chi connectivity index (χ1v) is 7.89. The van der Waals surface area contributed by atoms with Crippen LogP contribution in [0, 0.1) is 17.1 Å². The minimum absolute atomic E-state index is 0.211. The molecule has 0 aliphatic carbocycles. The van der Waals surface area contributed by atoms with Crippen LogP contribution in [0.1, 0.15) is 11.1 Å². The van der Waals surface area contributed by atoms with Crippen LogP contribution in [0.5, 0.6) is 0 Å². The molecule has 0 aliphatic rings. The van der Waals surface area contributed by atoms with Gasteiger partial charge in [-0.2, -0.15) is 18.4 Å². The largest absolute Gasteiger partial charge is 0.416 e. The summed E-state index contributed by atoms with van der Waals surface area (Å²) in [5.74, 6) is -0.979. The Morgan fingerprint density at radius 1 is 1.00 bits per heavy atom. The average Bonchev–Trinajstić information content (AvgIpc) is 2.61. The van der Waals surface area contributed by atoms with Gasteiger partial charge in [0.2, 0.25) is 0 Å². The Kier molecular flexibility index (Phi) is 4.77. The molecule has 0 fully saturated rings. The molecule has 3 rings (SSSR count). The van der Waals surface area contributed by atoms with E-state index in [2.05, 4.69) is 4.98 Å². The van der Waals surface area contributed by atoms with Gasteiger partial charge in [-0.05, 0) is 42.0 Å². The molecule has 1 heterocycles. The normalized spacial score (nSPS) is 11.3. The highest BCUT2D eigenvalue weighted by molar-refractivity contribution is 6.30. The van der Waals surface area contributed by atoms with Crippen molar-refractivity contribution in [1.29, 1.82) is 5.26 Å². The van der Waals surface area contributed by atoms with Gasteiger partial charge in [0, 0.05) is 21.8 Å². The molecule has 3 nitrogen and oxygen atoms in total. The number of H-pyrrole nitrogens is 1. The molecule has 0 saturated heterocycles. The van der Waals surface area contributed by atoms with Gasteiger partial charge < -0.3 is 4.98 Å². The fourth-order valence-electron chi connectivity index (χ4n) is 2.58. The summed E-state index contributed by atoms with van der Waals surface area (Å²) in [5.41, 5.74) is -2.41. The number of aromatic amines is 1. The fourth-order valence-corrected chi connectivity index (χ4v) is 2.70. The third-order valence-electron chi connectivity index (χ3n) is 3.88. The summed E-state index contributed by atoms with van der Waals surface area (Å²) < 4.78 is 53.2. The van der Waals surface area contributed by atoms with Gasteiger partial charge in [0.25, 0.3) is 5.56 Å². The third kappa shape index (κ3) is 3.71. The number of hydrogen-bond acceptors (Lipinski definition) is 2. The Balaban J connectivity index is 2.28. The van der Waals surface area contributed by atoms with E-state index in [1.807, 2.05) is 0 Å². The van der Waals surface area contributed by atoms with Gasteiger partial charge in [-0.1, -0.05) is 23.7 Å². The van der Waals surface area contributed by atoms with Crippen molar-refractivity contribution in [2.75, 3.05) is 0 Å². The lowest BCUT2D eigenvalue weighted by atomic mass is 9.97. The topological polar surface area (TPSA) is 56.6 Å². The van der Waals surface area contributed by atoms with E-state index in [1.54, 1.807) is 30.3 Å². The van der Waals surface area contributed by atoms with Crippen molar-refractivity contribution >= 4 is 11.6 Å². The number of nitriles is 1. The molecule has 8 heteroatoms. The van der Waals surface area contributed by atoms with E-state index >= 15 is 0 Å². The first-order valence-electron chi connectivity index (χ1n) is 7.51. The molecule has 0 aliphatic heterocycles. The van der Waals surface area contributed by atoms with Crippen LogP contribution < -0.4 is 5.56 Å². The van der Waals surface area contributed by atoms with Gasteiger partial charge in [0.15, 0.2) is 0 Å². The van der Waals surface area contributed by atoms with E-state index < -0.39 is 34.2 Å². The van der Waals surface area contributed by atoms with Crippen LogP contribution in [0.15, 0.2) is 53.3 Å². The van der Waals surface area contributed by atoms with E-state index in [1.165, 1.54) is 6.07 Å². The predicted octanol–water partition coefficient (Wildman–Crippen LogP) is 5.39. The van der Waals surface area contributed by atoms with E-state index in [-0.39, 0.29) is 11.3 Å². The van der Waals surface area contributed by atoms with Crippen molar-refractivity contribution in [2.24, 2.45) is 0 Å². The van der Waals surface area contributed by atoms with Crippen LogP contribution in [0.4, 0.5) is 17.6 Å². The number of nitrogens with zero attached hydrogens (tertiary/aromatic N) is 1. The molecule has 0 radical (unpaired) electrons. The molecular formula is C19H9ClF4N2O. The van der Waals surface area contributed by atoms with Gasteiger partial charge in [-0.15, -0.1) is 0 Å². The quantitative estimate of drug-likeness (QED) is 0.594. The average molecular weight is 393 g/mol. The minimum Gasteiger partial charge on any atom is -0.321 e. The minimum atomic E-state index is -4.70. The van der Waals surface area contributed by atoms with Crippen LogP contribution in [0.25, 0.3) is 22.4 Å². The molecular weight excluding hydrogens is 384 g/mol. The van der Waals surface area contributed by atoms with Crippen LogP contribution in [0.3, 0.4) is 0 Å². The number of hydrogen-bond donors (Lipinski definition) is 1. The molecule has 0 bridgehead atoms. The first kappa shape index (κ1) is 18.7. The summed E-state index contributed by atoms with van der Waals surface area (Å²) in [4.78, 5) is 14.7. The number of halogens is 5. The predicted molar refractivity (Wildman–Crippen MR) is 92.6 cm³/mol. The molecule has 0 saturated carbocycles. The molecule has 1 N–H and O–H groups in total. The molecule has 0 unspecified atom stereocenters. The Hall–Kier alpha value is -3.11. The Labute approximate surface area is 155 Å². The zero-order valence-corrected chi connectivity index (χ0v) is 14.1. The Bertz CT molecular complexity index is 1110. The SMILES string of the molecule is N#Cc1c(-c2cc(C(F)(F)F)ccc2F)cc(-c2ccc(Cl)cc2)[nH]c1=O.